The molecule has 0 aliphatic heterocycles. The van der Waals surface area contributed by atoms with Gasteiger partial charge in [-0.05, 0) is 32.4 Å². The van der Waals surface area contributed by atoms with Gasteiger partial charge in [-0.2, -0.15) is 0 Å². The van der Waals surface area contributed by atoms with Gasteiger partial charge in [0, 0.05) is 11.4 Å². The van der Waals surface area contributed by atoms with Gasteiger partial charge in [0.15, 0.2) is 0 Å². The molecule has 0 saturated carbocycles. The maximum Gasteiger partial charge on any atom is 0.238 e. The summed E-state index contributed by atoms with van der Waals surface area (Å²) in [4.78, 5) is 14.9. The molecule has 1 amide bonds. The van der Waals surface area contributed by atoms with Crippen molar-refractivity contribution in [1.82, 2.24) is 4.90 Å². The van der Waals surface area contributed by atoms with Gasteiger partial charge in [0.2, 0.25) is 5.91 Å². The van der Waals surface area contributed by atoms with Crippen LogP contribution < -0.4 is 5.32 Å². The minimum absolute atomic E-state index is 0.000231. The SMILES string of the molecule is C=C(C)CN(C)CC(=O)Nc1ccccc1SC. The van der Waals surface area contributed by atoms with Gasteiger partial charge in [-0.1, -0.05) is 24.3 Å². The number of likely N-dealkylation sites (N-methyl/N-ethyl adjacent to an activating group) is 1. The van der Waals surface area contributed by atoms with E-state index in [-0.39, 0.29) is 5.91 Å². The number of rotatable bonds is 6. The Morgan fingerprint density at radius 1 is 1.39 bits per heavy atom. The maximum absolute atomic E-state index is 11.9. The van der Waals surface area contributed by atoms with Crippen LogP contribution >= 0.6 is 11.8 Å². The van der Waals surface area contributed by atoms with Crippen LogP contribution in [0.5, 0.6) is 0 Å². The van der Waals surface area contributed by atoms with Crippen LogP contribution in [-0.4, -0.2) is 37.2 Å². The summed E-state index contributed by atoms with van der Waals surface area (Å²) in [5.41, 5.74) is 1.92. The van der Waals surface area contributed by atoms with Gasteiger partial charge in [0.1, 0.15) is 0 Å². The standard InChI is InChI=1S/C14H20N2OS/c1-11(2)9-16(3)10-14(17)15-12-7-5-6-8-13(12)18-4/h5-8H,1,9-10H2,2-4H3,(H,15,17). The van der Waals surface area contributed by atoms with Crippen LogP contribution in [0.15, 0.2) is 41.3 Å². The fraction of sp³-hybridized carbons (Fsp3) is 0.357. The Morgan fingerprint density at radius 3 is 2.67 bits per heavy atom. The van der Waals surface area contributed by atoms with Crippen molar-refractivity contribution in [3.8, 4) is 0 Å². The number of carbonyl (C=O) groups is 1. The Labute approximate surface area is 113 Å². The zero-order valence-corrected chi connectivity index (χ0v) is 12.0. The molecule has 98 valence electrons. The number of hydrogen-bond acceptors (Lipinski definition) is 3. The molecule has 0 aliphatic rings. The number of anilines is 1. The number of benzene rings is 1. The van der Waals surface area contributed by atoms with Crippen LogP contribution in [0.2, 0.25) is 0 Å². The van der Waals surface area contributed by atoms with Crippen LogP contribution in [0.4, 0.5) is 5.69 Å². The summed E-state index contributed by atoms with van der Waals surface area (Å²) in [6.07, 6.45) is 2.00. The molecule has 0 bridgehead atoms. The van der Waals surface area contributed by atoms with Crippen molar-refractivity contribution in [3.05, 3.63) is 36.4 Å². The molecule has 0 atom stereocenters. The highest BCUT2D eigenvalue weighted by molar-refractivity contribution is 7.98. The molecule has 3 nitrogen and oxygen atoms in total. The van der Waals surface area contributed by atoms with E-state index in [1.807, 2.05) is 49.4 Å². The van der Waals surface area contributed by atoms with Gasteiger partial charge in [-0.25, -0.2) is 0 Å². The molecule has 18 heavy (non-hydrogen) atoms. The fourth-order valence-corrected chi connectivity index (χ4v) is 2.25. The highest BCUT2D eigenvalue weighted by atomic mass is 32.2. The van der Waals surface area contributed by atoms with Gasteiger partial charge in [0.05, 0.1) is 12.2 Å². The predicted molar refractivity (Wildman–Crippen MR) is 79.2 cm³/mol. The molecule has 1 aromatic carbocycles. The van der Waals surface area contributed by atoms with Crippen molar-refractivity contribution in [1.29, 1.82) is 0 Å². The third kappa shape index (κ3) is 4.94. The molecular weight excluding hydrogens is 244 g/mol. The topological polar surface area (TPSA) is 32.3 Å². The Kier molecular flexibility index (Phi) is 5.95. The maximum atomic E-state index is 11.9. The van der Waals surface area contributed by atoms with Crippen LogP contribution in [0.25, 0.3) is 0 Å². The lowest BCUT2D eigenvalue weighted by atomic mass is 10.3. The first-order valence-electron chi connectivity index (χ1n) is 5.78. The lowest BCUT2D eigenvalue weighted by molar-refractivity contribution is -0.116. The Morgan fingerprint density at radius 2 is 2.06 bits per heavy atom. The zero-order chi connectivity index (χ0) is 13.5. The summed E-state index contributed by atoms with van der Waals surface area (Å²) < 4.78 is 0. The molecule has 1 N–H and O–H groups in total. The molecule has 0 fully saturated rings. The van der Waals surface area contributed by atoms with E-state index in [1.54, 1.807) is 11.8 Å². The van der Waals surface area contributed by atoms with Crippen LogP contribution in [0, 0.1) is 0 Å². The van der Waals surface area contributed by atoms with Crippen LogP contribution in [0.3, 0.4) is 0 Å². The molecule has 0 aromatic heterocycles. The highest BCUT2D eigenvalue weighted by Crippen LogP contribution is 2.24. The van der Waals surface area contributed by atoms with Crippen molar-refractivity contribution in [2.75, 3.05) is 31.7 Å². The van der Waals surface area contributed by atoms with E-state index < -0.39 is 0 Å². The summed E-state index contributed by atoms with van der Waals surface area (Å²) in [6, 6.07) is 7.81. The van der Waals surface area contributed by atoms with E-state index in [0.717, 1.165) is 22.7 Å². The molecule has 0 saturated heterocycles. The van der Waals surface area contributed by atoms with E-state index >= 15 is 0 Å². The normalized spacial score (nSPS) is 10.4. The van der Waals surface area contributed by atoms with Crippen LogP contribution in [0.1, 0.15) is 6.92 Å². The highest BCUT2D eigenvalue weighted by Gasteiger charge is 2.08. The van der Waals surface area contributed by atoms with Gasteiger partial charge in [0.25, 0.3) is 0 Å². The smallest absolute Gasteiger partial charge is 0.238 e. The second-order valence-corrected chi connectivity index (χ2v) is 5.23. The molecule has 4 heteroatoms. The van der Waals surface area contributed by atoms with Gasteiger partial charge in [-0.15, -0.1) is 11.8 Å². The molecular formula is C14H20N2OS. The fourth-order valence-electron chi connectivity index (χ4n) is 1.70. The van der Waals surface area contributed by atoms with Crippen molar-refractivity contribution < 1.29 is 4.79 Å². The summed E-state index contributed by atoms with van der Waals surface area (Å²) in [5, 5.41) is 2.93. The minimum Gasteiger partial charge on any atom is -0.324 e. The molecule has 1 rings (SSSR count). The van der Waals surface area contributed by atoms with E-state index in [9.17, 15) is 4.79 Å². The average Bonchev–Trinajstić information content (AvgIpc) is 2.28. The summed E-state index contributed by atoms with van der Waals surface area (Å²) in [6.45, 7) is 6.90. The summed E-state index contributed by atoms with van der Waals surface area (Å²) in [7, 11) is 1.91. The molecule has 0 radical (unpaired) electrons. The number of para-hydroxylation sites is 1. The predicted octanol–water partition coefficient (Wildman–Crippen LogP) is 2.85. The first-order chi connectivity index (χ1) is 8.52. The van der Waals surface area contributed by atoms with Crippen molar-refractivity contribution in [2.24, 2.45) is 0 Å². The minimum atomic E-state index is 0.000231. The Bertz CT molecular complexity index is 432. The van der Waals surface area contributed by atoms with Crippen molar-refractivity contribution >= 4 is 23.4 Å². The lowest BCUT2D eigenvalue weighted by Gasteiger charge is -2.16. The van der Waals surface area contributed by atoms with E-state index in [1.165, 1.54) is 0 Å². The van der Waals surface area contributed by atoms with E-state index in [4.69, 9.17) is 0 Å². The van der Waals surface area contributed by atoms with Gasteiger partial charge < -0.3 is 5.32 Å². The van der Waals surface area contributed by atoms with Crippen molar-refractivity contribution in [2.45, 2.75) is 11.8 Å². The first-order valence-corrected chi connectivity index (χ1v) is 7.01. The van der Waals surface area contributed by atoms with Crippen LogP contribution in [-0.2, 0) is 4.79 Å². The Balaban J connectivity index is 2.56. The molecule has 0 spiro atoms. The number of amides is 1. The molecule has 0 aliphatic carbocycles. The number of thioether (sulfide) groups is 1. The van der Waals surface area contributed by atoms with Gasteiger partial charge in [-0.3, -0.25) is 9.69 Å². The largest absolute Gasteiger partial charge is 0.324 e. The number of nitrogens with one attached hydrogen (secondary N) is 1. The monoisotopic (exact) mass is 264 g/mol. The summed E-state index contributed by atoms with van der Waals surface area (Å²) in [5.74, 6) is 0.000231. The average molecular weight is 264 g/mol. The number of nitrogens with zero attached hydrogens (tertiary/aromatic N) is 1. The molecule has 0 heterocycles. The van der Waals surface area contributed by atoms with E-state index in [2.05, 4.69) is 11.9 Å². The zero-order valence-electron chi connectivity index (χ0n) is 11.2. The second kappa shape index (κ2) is 7.24. The third-order valence-corrected chi connectivity index (χ3v) is 3.13. The Hall–Kier alpha value is -1.26. The molecule has 1 aromatic rings. The van der Waals surface area contributed by atoms with Crippen molar-refractivity contribution in [3.63, 3.8) is 0 Å². The second-order valence-electron chi connectivity index (χ2n) is 4.38. The molecule has 0 unspecified atom stereocenters. The first kappa shape index (κ1) is 14.8. The van der Waals surface area contributed by atoms with Gasteiger partial charge >= 0.3 is 0 Å². The lowest BCUT2D eigenvalue weighted by Crippen LogP contribution is -2.31. The quantitative estimate of drug-likeness (QED) is 0.633. The number of hydrogen-bond donors (Lipinski definition) is 1. The summed E-state index contributed by atoms with van der Waals surface area (Å²) >= 11 is 1.62. The third-order valence-electron chi connectivity index (χ3n) is 2.33. The number of carbonyl (C=O) groups excluding carboxylic acids is 1. The van der Waals surface area contributed by atoms with E-state index in [0.29, 0.717) is 6.54 Å².